The maximum atomic E-state index is 12.5. The minimum Gasteiger partial charge on any atom is -0.461 e. The van der Waals surface area contributed by atoms with Gasteiger partial charge in [0.25, 0.3) is 0 Å². The number of carbonyl (C=O) groups excluding carboxylic acids is 1. The van der Waals surface area contributed by atoms with Crippen LogP contribution in [0.3, 0.4) is 0 Å². The molecule has 6 heteroatoms. The van der Waals surface area contributed by atoms with Crippen LogP contribution in [0.25, 0.3) is 11.5 Å². The summed E-state index contributed by atoms with van der Waals surface area (Å²) < 4.78 is 11.3. The summed E-state index contributed by atoms with van der Waals surface area (Å²) in [6, 6.07) is 20.2. The molecule has 1 saturated heterocycles. The first-order chi connectivity index (χ1) is 14.3. The van der Waals surface area contributed by atoms with Gasteiger partial charge in [-0.25, -0.2) is 9.78 Å². The largest absolute Gasteiger partial charge is 0.461 e. The van der Waals surface area contributed by atoms with Gasteiger partial charge in [-0.2, -0.15) is 0 Å². The van der Waals surface area contributed by atoms with E-state index in [9.17, 15) is 4.79 Å². The van der Waals surface area contributed by atoms with E-state index in [2.05, 4.69) is 27.3 Å². The van der Waals surface area contributed by atoms with E-state index >= 15 is 0 Å². The van der Waals surface area contributed by atoms with Crippen LogP contribution in [0.2, 0.25) is 0 Å². The highest BCUT2D eigenvalue weighted by molar-refractivity contribution is 5.89. The minimum atomic E-state index is -0.445. The van der Waals surface area contributed by atoms with Gasteiger partial charge < -0.3 is 14.5 Å². The number of piperazine rings is 1. The Kier molecular flexibility index (Phi) is 6.03. The standard InChI is InChI=1S/C23H25N3O3/c1-2-28-23(27)21-20(29-22(25-21)18-11-7-4-8-12-18)16-26-14-13-24-15-19(26)17-9-5-3-6-10-17/h3-12,19,24H,2,13-16H2,1H3. The second-order valence-electron chi connectivity index (χ2n) is 6.98. The zero-order valence-corrected chi connectivity index (χ0v) is 16.5. The van der Waals surface area contributed by atoms with E-state index in [4.69, 9.17) is 9.15 Å². The van der Waals surface area contributed by atoms with Crippen LogP contribution in [0.15, 0.2) is 65.1 Å². The SMILES string of the molecule is CCOC(=O)c1nc(-c2ccccc2)oc1CN1CCNCC1c1ccccc1. The second-order valence-corrected chi connectivity index (χ2v) is 6.98. The Hall–Kier alpha value is -2.96. The van der Waals surface area contributed by atoms with Crippen molar-refractivity contribution in [3.63, 3.8) is 0 Å². The maximum absolute atomic E-state index is 12.5. The number of ether oxygens (including phenoxy) is 1. The molecule has 0 radical (unpaired) electrons. The number of nitrogens with one attached hydrogen (secondary N) is 1. The summed E-state index contributed by atoms with van der Waals surface area (Å²) in [5.41, 5.74) is 2.33. The van der Waals surface area contributed by atoms with E-state index < -0.39 is 5.97 Å². The lowest BCUT2D eigenvalue weighted by Gasteiger charge is -2.36. The Bertz CT molecular complexity index is 941. The highest BCUT2D eigenvalue weighted by Crippen LogP contribution is 2.28. The lowest BCUT2D eigenvalue weighted by molar-refractivity contribution is 0.0514. The molecule has 2 aromatic carbocycles. The third-order valence-corrected chi connectivity index (χ3v) is 5.07. The van der Waals surface area contributed by atoms with Gasteiger partial charge in [-0.3, -0.25) is 4.90 Å². The van der Waals surface area contributed by atoms with E-state index in [1.165, 1.54) is 5.56 Å². The van der Waals surface area contributed by atoms with Crippen LogP contribution in [0.1, 0.15) is 34.8 Å². The number of rotatable bonds is 6. The Morgan fingerprint density at radius 1 is 1.17 bits per heavy atom. The number of benzene rings is 2. The third-order valence-electron chi connectivity index (χ3n) is 5.07. The average Bonchev–Trinajstić information content (AvgIpc) is 3.19. The number of carbonyl (C=O) groups is 1. The van der Waals surface area contributed by atoms with Crippen molar-refractivity contribution in [2.75, 3.05) is 26.2 Å². The average molecular weight is 391 g/mol. The third kappa shape index (κ3) is 4.39. The number of hydrogen-bond donors (Lipinski definition) is 1. The van der Waals surface area contributed by atoms with E-state index in [1.54, 1.807) is 6.92 Å². The fourth-order valence-corrected chi connectivity index (χ4v) is 3.65. The molecule has 1 fully saturated rings. The topological polar surface area (TPSA) is 67.6 Å². The summed E-state index contributed by atoms with van der Waals surface area (Å²) in [5, 5.41) is 3.46. The summed E-state index contributed by atoms with van der Waals surface area (Å²) in [4.78, 5) is 19.3. The van der Waals surface area contributed by atoms with Crippen LogP contribution in [0.5, 0.6) is 0 Å². The van der Waals surface area contributed by atoms with Gasteiger partial charge in [0.15, 0.2) is 11.5 Å². The van der Waals surface area contributed by atoms with Crippen LogP contribution >= 0.6 is 0 Å². The van der Waals surface area contributed by atoms with Gasteiger partial charge in [-0.05, 0) is 24.6 Å². The van der Waals surface area contributed by atoms with Gasteiger partial charge in [0.05, 0.1) is 13.2 Å². The van der Waals surface area contributed by atoms with E-state index in [0.717, 1.165) is 25.2 Å². The Balaban J connectivity index is 1.65. The molecule has 2 heterocycles. The van der Waals surface area contributed by atoms with Crippen molar-refractivity contribution in [2.45, 2.75) is 19.5 Å². The lowest BCUT2D eigenvalue weighted by atomic mass is 10.0. The van der Waals surface area contributed by atoms with Gasteiger partial charge in [-0.15, -0.1) is 0 Å². The van der Waals surface area contributed by atoms with Gasteiger partial charge >= 0.3 is 5.97 Å². The summed E-state index contributed by atoms with van der Waals surface area (Å²) in [6.45, 7) is 5.16. The first-order valence-corrected chi connectivity index (χ1v) is 9.98. The van der Waals surface area contributed by atoms with Gasteiger partial charge in [0, 0.05) is 31.2 Å². The Morgan fingerprint density at radius 2 is 1.90 bits per heavy atom. The Labute approximate surface area is 170 Å². The molecule has 1 aliphatic rings. The zero-order chi connectivity index (χ0) is 20.1. The number of esters is 1. The van der Waals surface area contributed by atoms with Crippen molar-refractivity contribution < 1.29 is 13.9 Å². The molecule has 29 heavy (non-hydrogen) atoms. The van der Waals surface area contributed by atoms with Crippen molar-refractivity contribution >= 4 is 5.97 Å². The smallest absolute Gasteiger partial charge is 0.360 e. The minimum absolute atomic E-state index is 0.199. The van der Waals surface area contributed by atoms with Crippen molar-refractivity contribution in [1.29, 1.82) is 0 Å². The quantitative estimate of drug-likeness (QED) is 0.647. The van der Waals surface area contributed by atoms with Crippen LogP contribution in [-0.2, 0) is 11.3 Å². The van der Waals surface area contributed by atoms with Crippen molar-refractivity contribution in [3.05, 3.63) is 77.7 Å². The zero-order valence-electron chi connectivity index (χ0n) is 16.5. The number of oxazole rings is 1. The summed E-state index contributed by atoms with van der Waals surface area (Å²) in [7, 11) is 0. The van der Waals surface area contributed by atoms with E-state index in [-0.39, 0.29) is 11.7 Å². The molecule has 1 atom stereocenters. The number of nitrogens with zero attached hydrogens (tertiary/aromatic N) is 2. The van der Waals surface area contributed by atoms with Crippen LogP contribution in [0.4, 0.5) is 0 Å². The number of aromatic nitrogens is 1. The molecule has 0 saturated carbocycles. The fourth-order valence-electron chi connectivity index (χ4n) is 3.65. The first kappa shape index (κ1) is 19.4. The van der Waals surface area contributed by atoms with Gasteiger partial charge in [0.2, 0.25) is 5.89 Å². The predicted molar refractivity (Wildman–Crippen MR) is 110 cm³/mol. The molecule has 1 unspecified atom stereocenters. The molecule has 150 valence electrons. The van der Waals surface area contributed by atoms with Crippen molar-refractivity contribution in [3.8, 4) is 11.5 Å². The van der Waals surface area contributed by atoms with E-state index in [1.807, 2.05) is 48.5 Å². The molecule has 6 nitrogen and oxygen atoms in total. The molecule has 0 spiro atoms. The number of hydrogen-bond acceptors (Lipinski definition) is 6. The molecular weight excluding hydrogens is 366 g/mol. The normalized spacial score (nSPS) is 17.2. The Morgan fingerprint density at radius 3 is 2.62 bits per heavy atom. The van der Waals surface area contributed by atoms with Gasteiger partial charge in [-0.1, -0.05) is 48.5 Å². The van der Waals surface area contributed by atoms with Crippen molar-refractivity contribution in [2.24, 2.45) is 0 Å². The van der Waals surface area contributed by atoms with Crippen molar-refractivity contribution in [1.82, 2.24) is 15.2 Å². The van der Waals surface area contributed by atoms with Gasteiger partial charge in [0.1, 0.15) is 0 Å². The summed E-state index contributed by atoms with van der Waals surface area (Å²) in [6.07, 6.45) is 0. The second kappa shape index (κ2) is 9.03. The van der Waals surface area contributed by atoms with E-state index in [0.29, 0.717) is 24.8 Å². The van der Waals surface area contributed by atoms with Crippen LogP contribution in [0, 0.1) is 0 Å². The molecule has 3 aromatic rings. The highest BCUT2D eigenvalue weighted by atomic mass is 16.5. The molecule has 1 N–H and O–H groups in total. The molecule has 4 rings (SSSR count). The molecule has 0 aliphatic carbocycles. The maximum Gasteiger partial charge on any atom is 0.360 e. The first-order valence-electron chi connectivity index (χ1n) is 9.98. The fraction of sp³-hybridized carbons (Fsp3) is 0.304. The van der Waals surface area contributed by atoms with Crippen LogP contribution < -0.4 is 5.32 Å². The summed E-state index contributed by atoms with van der Waals surface area (Å²) in [5.74, 6) is 0.542. The van der Waals surface area contributed by atoms with Crippen LogP contribution in [-0.4, -0.2) is 42.1 Å². The summed E-state index contributed by atoms with van der Waals surface area (Å²) >= 11 is 0. The molecule has 1 aromatic heterocycles. The lowest BCUT2D eigenvalue weighted by Crippen LogP contribution is -2.45. The monoisotopic (exact) mass is 391 g/mol. The molecule has 0 amide bonds. The molecule has 1 aliphatic heterocycles. The predicted octanol–water partition coefficient (Wildman–Crippen LogP) is 3.66. The highest BCUT2D eigenvalue weighted by Gasteiger charge is 2.29. The molecule has 0 bridgehead atoms. The molecular formula is C23H25N3O3.